The van der Waals surface area contributed by atoms with Crippen LogP contribution in [0.25, 0.3) is 54.9 Å². The Balaban J connectivity index is 1.14. The third kappa shape index (κ3) is 4.51. The second-order valence-corrected chi connectivity index (χ2v) is 11.8. The highest BCUT2D eigenvalue weighted by Gasteiger charge is 2.21. The molecule has 0 aromatic heterocycles. The van der Waals surface area contributed by atoms with E-state index in [2.05, 4.69) is 169 Å². The van der Waals surface area contributed by atoms with E-state index in [-0.39, 0.29) is 0 Å². The summed E-state index contributed by atoms with van der Waals surface area (Å²) in [6.07, 6.45) is 0. The molecule has 2 nitrogen and oxygen atoms in total. The molecule has 0 aliphatic carbocycles. The van der Waals surface area contributed by atoms with Gasteiger partial charge in [0.15, 0.2) is 0 Å². The van der Waals surface area contributed by atoms with Gasteiger partial charge in [0.1, 0.15) is 11.5 Å². The van der Waals surface area contributed by atoms with Crippen molar-refractivity contribution in [3.8, 4) is 44.9 Å². The molecule has 0 saturated carbocycles. The van der Waals surface area contributed by atoms with Gasteiger partial charge in [-0.05, 0) is 111 Å². The first-order valence-electron chi connectivity index (χ1n) is 15.7. The van der Waals surface area contributed by atoms with Gasteiger partial charge < -0.3 is 9.64 Å². The predicted molar refractivity (Wildman–Crippen MR) is 193 cm³/mol. The fraction of sp³-hybridized carbons (Fsp3) is 0. The number of ether oxygens (including phenoxy) is 1. The molecule has 0 radical (unpaired) electrons. The van der Waals surface area contributed by atoms with Crippen LogP contribution in [-0.4, -0.2) is 0 Å². The molecular weight excluding hydrogens is 558 g/mol. The van der Waals surface area contributed by atoms with Gasteiger partial charge in [-0.2, -0.15) is 0 Å². The summed E-state index contributed by atoms with van der Waals surface area (Å²) in [6.45, 7) is 0. The summed E-state index contributed by atoms with van der Waals surface area (Å²) >= 11 is 0. The summed E-state index contributed by atoms with van der Waals surface area (Å²) in [5.74, 6) is 1.81. The SMILES string of the molecule is c1ccc(N(c2ccc(-c3ccc4ccccc4c3)cc2)c2cccc(-c3cc4c5c(cccc5c3)Oc3ccccc3-4)c2)cc1. The fourth-order valence-corrected chi connectivity index (χ4v) is 6.77. The third-order valence-corrected chi connectivity index (χ3v) is 9.00. The average Bonchev–Trinajstić information content (AvgIpc) is 3.12. The van der Waals surface area contributed by atoms with E-state index in [9.17, 15) is 0 Å². The summed E-state index contributed by atoms with van der Waals surface area (Å²) < 4.78 is 6.29. The zero-order valence-electron chi connectivity index (χ0n) is 25.1. The van der Waals surface area contributed by atoms with Crippen LogP contribution in [0.15, 0.2) is 176 Å². The molecule has 8 aromatic rings. The number of hydrogen-bond acceptors (Lipinski definition) is 2. The van der Waals surface area contributed by atoms with Crippen molar-refractivity contribution in [1.82, 2.24) is 0 Å². The molecule has 2 heteroatoms. The van der Waals surface area contributed by atoms with Crippen LogP contribution < -0.4 is 9.64 Å². The molecule has 0 saturated heterocycles. The lowest BCUT2D eigenvalue weighted by atomic mass is 9.90. The molecule has 1 heterocycles. The molecule has 8 aromatic carbocycles. The van der Waals surface area contributed by atoms with Gasteiger partial charge in [0.25, 0.3) is 0 Å². The molecule has 1 aliphatic rings. The number of rotatable bonds is 5. The summed E-state index contributed by atoms with van der Waals surface area (Å²) in [6, 6.07) is 62.8. The zero-order chi connectivity index (χ0) is 30.5. The lowest BCUT2D eigenvalue weighted by Gasteiger charge is -2.26. The van der Waals surface area contributed by atoms with Crippen LogP contribution in [0.5, 0.6) is 11.5 Å². The molecule has 0 unspecified atom stereocenters. The Kier molecular flexibility index (Phi) is 6.17. The van der Waals surface area contributed by atoms with Gasteiger partial charge in [-0.25, -0.2) is 0 Å². The van der Waals surface area contributed by atoms with E-state index < -0.39 is 0 Å². The van der Waals surface area contributed by atoms with E-state index >= 15 is 0 Å². The van der Waals surface area contributed by atoms with Crippen LogP contribution in [0.3, 0.4) is 0 Å². The first-order chi connectivity index (χ1) is 22.8. The minimum atomic E-state index is 0.899. The summed E-state index contributed by atoms with van der Waals surface area (Å²) in [4.78, 5) is 2.33. The highest BCUT2D eigenvalue weighted by Crippen LogP contribution is 2.48. The van der Waals surface area contributed by atoms with Crippen molar-refractivity contribution in [2.45, 2.75) is 0 Å². The Morgan fingerprint density at radius 2 is 0.957 bits per heavy atom. The van der Waals surface area contributed by atoms with E-state index in [0.717, 1.165) is 34.1 Å². The lowest BCUT2D eigenvalue weighted by Crippen LogP contribution is -2.09. The molecule has 9 rings (SSSR count). The molecule has 0 fully saturated rings. The normalized spacial score (nSPS) is 11.7. The number of nitrogens with zero attached hydrogens (tertiary/aromatic N) is 1. The largest absolute Gasteiger partial charge is 0.456 e. The van der Waals surface area contributed by atoms with E-state index in [0.29, 0.717) is 0 Å². The number of anilines is 3. The van der Waals surface area contributed by atoms with Crippen molar-refractivity contribution in [1.29, 1.82) is 0 Å². The van der Waals surface area contributed by atoms with Crippen LogP contribution >= 0.6 is 0 Å². The maximum atomic E-state index is 6.29. The first kappa shape index (κ1) is 26.3. The van der Waals surface area contributed by atoms with Crippen molar-refractivity contribution in [2.24, 2.45) is 0 Å². The quantitative estimate of drug-likeness (QED) is 0.199. The average molecular weight is 588 g/mol. The van der Waals surface area contributed by atoms with Crippen LogP contribution in [0.2, 0.25) is 0 Å². The molecule has 46 heavy (non-hydrogen) atoms. The second-order valence-electron chi connectivity index (χ2n) is 11.8. The number of para-hydroxylation sites is 2. The Bertz CT molecular complexity index is 2390. The maximum Gasteiger partial charge on any atom is 0.135 e. The molecular formula is C44H29NO. The monoisotopic (exact) mass is 587 g/mol. The van der Waals surface area contributed by atoms with Crippen LogP contribution in [-0.2, 0) is 0 Å². The molecule has 0 amide bonds. The van der Waals surface area contributed by atoms with E-state index in [1.54, 1.807) is 0 Å². The van der Waals surface area contributed by atoms with Gasteiger partial charge in [0.2, 0.25) is 0 Å². The maximum absolute atomic E-state index is 6.29. The lowest BCUT2D eigenvalue weighted by molar-refractivity contribution is 0.487. The number of benzene rings is 8. The predicted octanol–water partition coefficient (Wildman–Crippen LogP) is 12.6. The van der Waals surface area contributed by atoms with Crippen molar-refractivity contribution in [3.63, 3.8) is 0 Å². The van der Waals surface area contributed by atoms with Gasteiger partial charge in [-0.1, -0.05) is 109 Å². The molecule has 0 bridgehead atoms. The van der Waals surface area contributed by atoms with Crippen molar-refractivity contribution in [3.05, 3.63) is 176 Å². The minimum Gasteiger partial charge on any atom is -0.456 e. The standard InChI is InChI=1S/C44H29NO/c1-2-14-37(15-3-1)45(38-24-22-31(23-25-38)34-21-20-30-10-4-5-11-32(30)26-34)39-16-8-12-33(28-39)36-27-35-13-9-19-43-44(35)41(29-36)40-17-6-7-18-42(40)46-43/h1-29H. The molecule has 1 aliphatic heterocycles. The topological polar surface area (TPSA) is 12.5 Å². The molecule has 0 spiro atoms. The van der Waals surface area contributed by atoms with Gasteiger partial charge >= 0.3 is 0 Å². The molecule has 0 N–H and O–H groups in total. The van der Waals surface area contributed by atoms with Gasteiger partial charge in [0, 0.05) is 28.0 Å². The van der Waals surface area contributed by atoms with Crippen molar-refractivity contribution in [2.75, 3.05) is 4.90 Å². The fourth-order valence-electron chi connectivity index (χ4n) is 6.77. The Morgan fingerprint density at radius 3 is 1.85 bits per heavy atom. The number of hydrogen-bond donors (Lipinski definition) is 0. The highest BCUT2D eigenvalue weighted by atomic mass is 16.5. The van der Waals surface area contributed by atoms with E-state index in [1.165, 1.54) is 49.4 Å². The minimum absolute atomic E-state index is 0.899. The summed E-state index contributed by atoms with van der Waals surface area (Å²) in [5, 5.41) is 4.85. The summed E-state index contributed by atoms with van der Waals surface area (Å²) in [5.41, 5.74) is 10.4. The third-order valence-electron chi connectivity index (χ3n) is 9.00. The van der Waals surface area contributed by atoms with Crippen LogP contribution in [0, 0.1) is 0 Å². The smallest absolute Gasteiger partial charge is 0.135 e. The zero-order valence-corrected chi connectivity index (χ0v) is 25.1. The summed E-state index contributed by atoms with van der Waals surface area (Å²) in [7, 11) is 0. The number of fused-ring (bicyclic) bond motifs is 3. The van der Waals surface area contributed by atoms with E-state index in [1.807, 2.05) is 12.1 Å². The first-order valence-corrected chi connectivity index (χ1v) is 15.7. The highest BCUT2D eigenvalue weighted by molar-refractivity contribution is 6.06. The van der Waals surface area contributed by atoms with Gasteiger partial charge in [-0.15, -0.1) is 0 Å². The second kappa shape index (κ2) is 10.8. The van der Waals surface area contributed by atoms with Crippen molar-refractivity contribution < 1.29 is 4.74 Å². The Morgan fingerprint density at radius 1 is 0.326 bits per heavy atom. The van der Waals surface area contributed by atoms with Crippen LogP contribution in [0.4, 0.5) is 17.1 Å². The Hall–Kier alpha value is -6.12. The van der Waals surface area contributed by atoms with Crippen LogP contribution in [0.1, 0.15) is 0 Å². The van der Waals surface area contributed by atoms with Crippen molar-refractivity contribution >= 4 is 38.6 Å². The molecule has 0 atom stereocenters. The Labute approximate surface area is 268 Å². The van der Waals surface area contributed by atoms with Gasteiger partial charge in [-0.3, -0.25) is 0 Å². The van der Waals surface area contributed by atoms with Gasteiger partial charge in [0.05, 0.1) is 0 Å². The van der Waals surface area contributed by atoms with E-state index in [4.69, 9.17) is 4.74 Å². The molecule has 216 valence electrons.